The van der Waals surface area contributed by atoms with E-state index >= 15 is 0 Å². The monoisotopic (exact) mass is 250 g/mol. The SMILES string of the molecule is COc1cccc(OC2CCC(CC(=O)O)C2)c1. The van der Waals surface area contributed by atoms with Gasteiger partial charge in [-0.05, 0) is 37.3 Å². The fourth-order valence-corrected chi connectivity index (χ4v) is 2.44. The maximum absolute atomic E-state index is 10.6. The molecule has 4 heteroatoms. The molecule has 1 fully saturated rings. The summed E-state index contributed by atoms with van der Waals surface area (Å²) in [6.07, 6.45) is 3.05. The summed E-state index contributed by atoms with van der Waals surface area (Å²) in [6, 6.07) is 7.50. The van der Waals surface area contributed by atoms with Gasteiger partial charge in [-0.3, -0.25) is 4.79 Å². The van der Waals surface area contributed by atoms with E-state index in [2.05, 4.69) is 0 Å². The first-order valence-electron chi connectivity index (χ1n) is 6.20. The lowest BCUT2D eigenvalue weighted by atomic mass is 10.0. The second-order valence-electron chi connectivity index (χ2n) is 4.70. The molecule has 0 aromatic heterocycles. The molecule has 1 aromatic carbocycles. The summed E-state index contributed by atoms with van der Waals surface area (Å²) in [6.45, 7) is 0. The van der Waals surface area contributed by atoms with Crippen molar-refractivity contribution in [1.82, 2.24) is 0 Å². The highest BCUT2D eigenvalue weighted by molar-refractivity contribution is 5.67. The van der Waals surface area contributed by atoms with Gasteiger partial charge in [-0.25, -0.2) is 0 Å². The lowest BCUT2D eigenvalue weighted by Crippen LogP contribution is -2.13. The molecule has 4 nitrogen and oxygen atoms in total. The number of methoxy groups -OCH3 is 1. The van der Waals surface area contributed by atoms with Crippen LogP contribution >= 0.6 is 0 Å². The second kappa shape index (κ2) is 5.76. The molecule has 0 bridgehead atoms. The zero-order chi connectivity index (χ0) is 13.0. The third-order valence-electron chi connectivity index (χ3n) is 3.30. The Kier molecular flexibility index (Phi) is 4.07. The van der Waals surface area contributed by atoms with Crippen LogP contribution < -0.4 is 9.47 Å². The van der Waals surface area contributed by atoms with Crippen molar-refractivity contribution in [1.29, 1.82) is 0 Å². The number of hydrogen-bond acceptors (Lipinski definition) is 3. The number of ether oxygens (including phenoxy) is 2. The molecule has 0 aliphatic heterocycles. The van der Waals surface area contributed by atoms with Crippen molar-refractivity contribution in [2.45, 2.75) is 31.8 Å². The molecule has 1 aromatic rings. The molecular formula is C14H18O4. The van der Waals surface area contributed by atoms with E-state index in [-0.39, 0.29) is 18.4 Å². The molecule has 2 unspecified atom stereocenters. The molecule has 1 aliphatic rings. The minimum absolute atomic E-state index is 0.126. The van der Waals surface area contributed by atoms with Crippen LogP contribution in [0.1, 0.15) is 25.7 Å². The van der Waals surface area contributed by atoms with Gasteiger partial charge in [0.1, 0.15) is 11.5 Å². The number of aliphatic carboxylic acids is 1. The van der Waals surface area contributed by atoms with Crippen molar-refractivity contribution in [2.75, 3.05) is 7.11 Å². The Hall–Kier alpha value is -1.71. The molecule has 0 spiro atoms. The third-order valence-corrected chi connectivity index (χ3v) is 3.30. The van der Waals surface area contributed by atoms with E-state index in [0.29, 0.717) is 0 Å². The number of carboxylic acids is 1. The lowest BCUT2D eigenvalue weighted by Gasteiger charge is -2.14. The first-order chi connectivity index (χ1) is 8.67. The molecular weight excluding hydrogens is 232 g/mol. The number of benzene rings is 1. The first kappa shape index (κ1) is 12.7. The summed E-state index contributed by atoms with van der Waals surface area (Å²) in [7, 11) is 1.62. The van der Waals surface area contributed by atoms with Gasteiger partial charge in [0, 0.05) is 12.5 Å². The van der Waals surface area contributed by atoms with Crippen molar-refractivity contribution in [2.24, 2.45) is 5.92 Å². The van der Waals surface area contributed by atoms with Crippen LogP contribution in [-0.4, -0.2) is 24.3 Å². The molecule has 0 heterocycles. The van der Waals surface area contributed by atoms with E-state index in [1.54, 1.807) is 7.11 Å². The zero-order valence-corrected chi connectivity index (χ0v) is 10.5. The van der Waals surface area contributed by atoms with Gasteiger partial charge in [-0.2, -0.15) is 0 Å². The van der Waals surface area contributed by atoms with Crippen LogP contribution in [0.15, 0.2) is 24.3 Å². The minimum atomic E-state index is -0.720. The maximum atomic E-state index is 10.6. The van der Waals surface area contributed by atoms with E-state index in [9.17, 15) is 4.79 Å². The molecule has 98 valence electrons. The molecule has 18 heavy (non-hydrogen) atoms. The van der Waals surface area contributed by atoms with E-state index < -0.39 is 5.97 Å². The molecule has 0 radical (unpaired) electrons. The standard InChI is InChI=1S/C14H18O4/c1-17-11-3-2-4-12(9-11)18-13-6-5-10(7-13)8-14(15)16/h2-4,9-10,13H,5-8H2,1H3,(H,15,16). The average molecular weight is 250 g/mol. The summed E-state index contributed by atoms with van der Waals surface area (Å²) >= 11 is 0. The van der Waals surface area contributed by atoms with Crippen molar-refractivity contribution in [3.8, 4) is 11.5 Å². The highest BCUT2D eigenvalue weighted by Gasteiger charge is 2.27. The Morgan fingerprint density at radius 3 is 2.89 bits per heavy atom. The maximum Gasteiger partial charge on any atom is 0.303 e. The molecule has 1 saturated carbocycles. The van der Waals surface area contributed by atoms with Crippen LogP contribution in [0, 0.1) is 5.92 Å². The van der Waals surface area contributed by atoms with Crippen LogP contribution in [0.5, 0.6) is 11.5 Å². The van der Waals surface area contributed by atoms with Gasteiger partial charge in [0.15, 0.2) is 0 Å². The number of carbonyl (C=O) groups is 1. The predicted octanol–water partition coefficient (Wildman–Crippen LogP) is 2.72. The Labute approximate surface area is 107 Å². The molecule has 2 rings (SSSR count). The summed E-state index contributed by atoms with van der Waals surface area (Å²) in [5.74, 6) is 1.09. The molecule has 0 saturated heterocycles. The largest absolute Gasteiger partial charge is 0.497 e. The van der Waals surface area contributed by atoms with Gasteiger partial charge in [0.25, 0.3) is 0 Å². The van der Waals surface area contributed by atoms with Crippen molar-refractivity contribution in [3.63, 3.8) is 0 Å². The molecule has 1 aliphatic carbocycles. The number of rotatable bonds is 5. The van der Waals surface area contributed by atoms with Crippen molar-refractivity contribution >= 4 is 5.97 Å². The van der Waals surface area contributed by atoms with Crippen LogP contribution in [0.25, 0.3) is 0 Å². The van der Waals surface area contributed by atoms with E-state index in [0.717, 1.165) is 30.8 Å². The zero-order valence-electron chi connectivity index (χ0n) is 10.5. The summed E-state index contributed by atoms with van der Waals surface area (Å²) in [5.41, 5.74) is 0. The summed E-state index contributed by atoms with van der Waals surface area (Å²) in [5, 5.41) is 8.76. The lowest BCUT2D eigenvalue weighted by molar-refractivity contribution is -0.138. The van der Waals surface area contributed by atoms with Gasteiger partial charge < -0.3 is 14.6 Å². The Morgan fingerprint density at radius 1 is 1.39 bits per heavy atom. The fraction of sp³-hybridized carbons (Fsp3) is 0.500. The first-order valence-corrected chi connectivity index (χ1v) is 6.20. The fourth-order valence-electron chi connectivity index (χ4n) is 2.44. The van der Waals surface area contributed by atoms with Gasteiger partial charge in [0.05, 0.1) is 13.2 Å². The smallest absolute Gasteiger partial charge is 0.303 e. The van der Waals surface area contributed by atoms with Gasteiger partial charge in [-0.1, -0.05) is 6.07 Å². The molecule has 1 N–H and O–H groups in total. The highest BCUT2D eigenvalue weighted by Crippen LogP contribution is 2.32. The van der Waals surface area contributed by atoms with Gasteiger partial charge >= 0.3 is 5.97 Å². The van der Waals surface area contributed by atoms with E-state index in [1.165, 1.54) is 0 Å². The normalized spacial score (nSPS) is 22.7. The van der Waals surface area contributed by atoms with Crippen LogP contribution in [0.2, 0.25) is 0 Å². The van der Waals surface area contributed by atoms with Gasteiger partial charge in [0.2, 0.25) is 0 Å². The third kappa shape index (κ3) is 3.39. The minimum Gasteiger partial charge on any atom is -0.497 e. The Balaban J connectivity index is 1.88. The number of hydrogen-bond donors (Lipinski definition) is 1. The van der Waals surface area contributed by atoms with Crippen LogP contribution in [-0.2, 0) is 4.79 Å². The van der Waals surface area contributed by atoms with Gasteiger partial charge in [-0.15, -0.1) is 0 Å². The summed E-state index contributed by atoms with van der Waals surface area (Å²) in [4.78, 5) is 10.6. The Bertz CT molecular complexity index is 416. The quantitative estimate of drug-likeness (QED) is 0.873. The highest BCUT2D eigenvalue weighted by atomic mass is 16.5. The van der Waals surface area contributed by atoms with Crippen LogP contribution in [0.4, 0.5) is 0 Å². The van der Waals surface area contributed by atoms with E-state index in [4.69, 9.17) is 14.6 Å². The second-order valence-corrected chi connectivity index (χ2v) is 4.70. The predicted molar refractivity (Wildman–Crippen MR) is 67.0 cm³/mol. The average Bonchev–Trinajstić information content (AvgIpc) is 2.76. The Morgan fingerprint density at radius 2 is 2.17 bits per heavy atom. The number of carboxylic acid groups (broad SMARTS) is 1. The van der Waals surface area contributed by atoms with E-state index in [1.807, 2.05) is 24.3 Å². The van der Waals surface area contributed by atoms with Crippen molar-refractivity contribution < 1.29 is 19.4 Å². The summed E-state index contributed by atoms with van der Waals surface area (Å²) < 4.78 is 11.0. The van der Waals surface area contributed by atoms with Crippen LogP contribution in [0.3, 0.4) is 0 Å². The topological polar surface area (TPSA) is 55.8 Å². The molecule has 2 atom stereocenters. The molecule has 0 amide bonds. The van der Waals surface area contributed by atoms with Crippen molar-refractivity contribution in [3.05, 3.63) is 24.3 Å².